The van der Waals surface area contributed by atoms with Gasteiger partial charge < -0.3 is 5.73 Å². The van der Waals surface area contributed by atoms with Crippen molar-refractivity contribution in [2.24, 2.45) is 7.05 Å². The van der Waals surface area contributed by atoms with E-state index in [4.69, 9.17) is 5.73 Å². The van der Waals surface area contributed by atoms with Crippen LogP contribution in [0.2, 0.25) is 0 Å². The first-order valence-electron chi connectivity index (χ1n) is 5.78. The maximum atomic E-state index is 5.96. The van der Waals surface area contributed by atoms with E-state index in [0.29, 0.717) is 5.82 Å². The highest BCUT2D eigenvalue weighted by Gasteiger charge is 2.22. The van der Waals surface area contributed by atoms with Crippen molar-refractivity contribution < 1.29 is 0 Å². The predicted octanol–water partition coefficient (Wildman–Crippen LogP) is 2.92. The molecule has 4 heteroatoms. The Hall–Kier alpha value is -1.42. The molecule has 0 amide bonds. The van der Waals surface area contributed by atoms with Gasteiger partial charge in [-0.1, -0.05) is 12.1 Å². The Morgan fingerprint density at radius 1 is 1.29 bits per heavy atom. The summed E-state index contributed by atoms with van der Waals surface area (Å²) in [5.74, 6) is 0.715. The second-order valence-corrected chi connectivity index (χ2v) is 5.78. The molecule has 0 bridgehead atoms. The Morgan fingerprint density at radius 2 is 2.00 bits per heavy atom. The molecular weight excluding hydrogens is 230 g/mol. The van der Waals surface area contributed by atoms with Gasteiger partial charge in [0.2, 0.25) is 0 Å². The van der Waals surface area contributed by atoms with E-state index < -0.39 is 0 Å². The monoisotopic (exact) mass is 245 g/mol. The lowest BCUT2D eigenvalue weighted by atomic mass is 10.1. The van der Waals surface area contributed by atoms with Crippen molar-refractivity contribution in [3.8, 4) is 11.1 Å². The van der Waals surface area contributed by atoms with Crippen molar-refractivity contribution in [1.82, 2.24) is 9.78 Å². The molecule has 1 aromatic heterocycles. The Kier molecular flexibility index (Phi) is 2.59. The number of rotatable bonds is 3. The lowest BCUT2D eigenvalue weighted by Crippen LogP contribution is -1.97. The van der Waals surface area contributed by atoms with Crippen LogP contribution in [0.3, 0.4) is 0 Å². The van der Waals surface area contributed by atoms with Crippen LogP contribution >= 0.6 is 11.8 Å². The highest BCUT2D eigenvalue weighted by Crippen LogP contribution is 2.39. The van der Waals surface area contributed by atoms with Gasteiger partial charge in [-0.2, -0.15) is 5.10 Å². The molecule has 1 aliphatic carbocycles. The van der Waals surface area contributed by atoms with E-state index in [-0.39, 0.29) is 0 Å². The topological polar surface area (TPSA) is 43.8 Å². The molecule has 3 rings (SSSR count). The summed E-state index contributed by atoms with van der Waals surface area (Å²) in [6, 6.07) is 8.59. The van der Waals surface area contributed by atoms with Gasteiger partial charge in [-0.25, -0.2) is 0 Å². The van der Waals surface area contributed by atoms with Crippen LogP contribution in [0, 0.1) is 0 Å². The van der Waals surface area contributed by atoms with E-state index in [2.05, 4.69) is 29.4 Å². The van der Waals surface area contributed by atoms with Crippen molar-refractivity contribution in [2.75, 3.05) is 5.73 Å². The molecule has 3 nitrogen and oxygen atoms in total. The van der Waals surface area contributed by atoms with Gasteiger partial charge in [0, 0.05) is 22.8 Å². The van der Waals surface area contributed by atoms with Crippen molar-refractivity contribution >= 4 is 17.6 Å². The predicted molar refractivity (Wildman–Crippen MR) is 71.9 cm³/mol. The zero-order chi connectivity index (χ0) is 11.8. The first-order valence-corrected chi connectivity index (χ1v) is 6.66. The molecular formula is C13H15N3S. The van der Waals surface area contributed by atoms with E-state index in [1.165, 1.54) is 17.7 Å². The minimum absolute atomic E-state index is 0.715. The molecule has 1 heterocycles. The molecule has 0 spiro atoms. The average molecular weight is 245 g/mol. The first kappa shape index (κ1) is 10.7. The van der Waals surface area contributed by atoms with Gasteiger partial charge in [0.15, 0.2) is 0 Å². The third kappa shape index (κ3) is 2.17. The summed E-state index contributed by atoms with van der Waals surface area (Å²) in [5, 5.41) is 5.01. The van der Waals surface area contributed by atoms with Gasteiger partial charge >= 0.3 is 0 Å². The SMILES string of the molecule is Cn1ncc(-c2ccc(SC3CC3)cc2)c1N. The summed E-state index contributed by atoms with van der Waals surface area (Å²) < 4.78 is 1.70. The molecule has 2 aromatic rings. The van der Waals surface area contributed by atoms with Crippen LogP contribution in [0.15, 0.2) is 35.4 Å². The smallest absolute Gasteiger partial charge is 0.129 e. The zero-order valence-corrected chi connectivity index (χ0v) is 10.6. The molecule has 2 N–H and O–H groups in total. The maximum absolute atomic E-state index is 5.96. The minimum Gasteiger partial charge on any atom is -0.383 e. The summed E-state index contributed by atoms with van der Waals surface area (Å²) >= 11 is 1.97. The fourth-order valence-electron chi connectivity index (χ4n) is 1.76. The van der Waals surface area contributed by atoms with Crippen molar-refractivity contribution in [2.45, 2.75) is 23.0 Å². The summed E-state index contributed by atoms with van der Waals surface area (Å²) in [4.78, 5) is 1.35. The van der Waals surface area contributed by atoms with Crippen LogP contribution in [0.1, 0.15) is 12.8 Å². The Labute approximate surface area is 105 Å². The highest BCUT2D eigenvalue weighted by atomic mass is 32.2. The normalized spacial score (nSPS) is 15.1. The Morgan fingerprint density at radius 3 is 2.53 bits per heavy atom. The zero-order valence-electron chi connectivity index (χ0n) is 9.76. The van der Waals surface area contributed by atoms with Crippen LogP contribution in [0.25, 0.3) is 11.1 Å². The van der Waals surface area contributed by atoms with Gasteiger partial charge in [0.05, 0.1) is 6.20 Å². The summed E-state index contributed by atoms with van der Waals surface area (Å²) in [6.45, 7) is 0. The quantitative estimate of drug-likeness (QED) is 0.904. The van der Waals surface area contributed by atoms with E-state index in [0.717, 1.165) is 16.4 Å². The minimum atomic E-state index is 0.715. The molecule has 0 radical (unpaired) electrons. The average Bonchev–Trinajstić information content (AvgIpc) is 3.09. The molecule has 0 unspecified atom stereocenters. The van der Waals surface area contributed by atoms with Gasteiger partial charge in [-0.05, 0) is 30.5 Å². The fraction of sp³-hybridized carbons (Fsp3) is 0.308. The molecule has 1 saturated carbocycles. The highest BCUT2D eigenvalue weighted by molar-refractivity contribution is 8.00. The summed E-state index contributed by atoms with van der Waals surface area (Å²) in [7, 11) is 1.86. The van der Waals surface area contributed by atoms with Crippen LogP contribution in [0.4, 0.5) is 5.82 Å². The van der Waals surface area contributed by atoms with Crippen LogP contribution in [-0.2, 0) is 7.05 Å². The molecule has 1 aliphatic rings. The lowest BCUT2D eigenvalue weighted by molar-refractivity contribution is 0.779. The number of aryl methyl sites for hydroxylation is 1. The number of nitrogens with two attached hydrogens (primary N) is 1. The number of anilines is 1. The van der Waals surface area contributed by atoms with Gasteiger partial charge in [0.25, 0.3) is 0 Å². The third-order valence-electron chi connectivity index (χ3n) is 2.98. The number of hydrogen-bond donors (Lipinski definition) is 1. The number of thioether (sulfide) groups is 1. The second-order valence-electron chi connectivity index (χ2n) is 4.41. The van der Waals surface area contributed by atoms with Gasteiger partial charge in [-0.3, -0.25) is 4.68 Å². The van der Waals surface area contributed by atoms with Crippen molar-refractivity contribution in [1.29, 1.82) is 0 Å². The standard InChI is InChI=1S/C13H15N3S/c1-16-13(14)12(8-15-16)9-2-4-10(5-3-9)17-11-6-7-11/h2-5,8,11H,6-7,14H2,1H3. The molecule has 88 valence electrons. The van der Waals surface area contributed by atoms with Crippen molar-refractivity contribution in [3.63, 3.8) is 0 Å². The van der Waals surface area contributed by atoms with E-state index in [9.17, 15) is 0 Å². The van der Waals surface area contributed by atoms with E-state index in [1.54, 1.807) is 4.68 Å². The summed E-state index contributed by atoms with van der Waals surface area (Å²) in [6.07, 6.45) is 4.54. The second kappa shape index (κ2) is 4.11. The molecule has 17 heavy (non-hydrogen) atoms. The van der Waals surface area contributed by atoms with E-state index in [1.807, 2.05) is 25.0 Å². The number of benzene rings is 1. The Bertz CT molecular complexity index is 526. The van der Waals surface area contributed by atoms with Gasteiger partial charge in [-0.15, -0.1) is 11.8 Å². The fourth-order valence-corrected chi connectivity index (χ4v) is 2.81. The number of hydrogen-bond acceptors (Lipinski definition) is 3. The molecule has 0 aliphatic heterocycles. The molecule has 0 atom stereocenters. The summed E-state index contributed by atoms with van der Waals surface area (Å²) in [5.41, 5.74) is 8.10. The van der Waals surface area contributed by atoms with Crippen molar-refractivity contribution in [3.05, 3.63) is 30.5 Å². The molecule has 1 aromatic carbocycles. The largest absolute Gasteiger partial charge is 0.383 e. The van der Waals surface area contributed by atoms with Crippen LogP contribution < -0.4 is 5.73 Å². The van der Waals surface area contributed by atoms with E-state index >= 15 is 0 Å². The Balaban J connectivity index is 1.85. The molecule has 0 saturated heterocycles. The lowest BCUT2D eigenvalue weighted by Gasteiger charge is -2.03. The molecule has 1 fully saturated rings. The first-order chi connectivity index (χ1) is 8.24. The van der Waals surface area contributed by atoms with Crippen LogP contribution in [-0.4, -0.2) is 15.0 Å². The number of nitrogen functional groups attached to an aromatic ring is 1. The third-order valence-corrected chi connectivity index (χ3v) is 4.33. The number of nitrogens with zero attached hydrogens (tertiary/aromatic N) is 2. The maximum Gasteiger partial charge on any atom is 0.129 e. The number of aromatic nitrogens is 2. The van der Waals surface area contributed by atoms with Crippen LogP contribution in [0.5, 0.6) is 0 Å². The van der Waals surface area contributed by atoms with Gasteiger partial charge in [0.1, 0.15) is 5.82 Å².